The molecular weight excluding hydrogens is 673 g/mol. The van der Waals surface area contributed by atoms with Crippen LogP contribution >= 0.6 is 0 Å². The second-order valence-corrected chi connectivity index (χ2v) is 12.2. The summed E-state index contributed by atoms with van der Waals surface area (Å²) in [4.78, 5) is 23.8. The molecule has 13 nitrogen and oxygen atoms in total. The Kier molecular flexibility index (Phi) is 10.4. The molecular formula is C35H32F3N6O7+. The van der Waals surface area contributed by atoms with Crippen molar-refractivity contribution in [3.63, 3.8) is 0 Å². The predicted octanol–water partition coefficient (Wildman–Crippen LogP) is 6.41. The van der Waals surface area contributed by atoms with E-state index >= 15 is 0 Å². The Balaban J connectivity index is 1.18. The van der Waals surface area contributed by atoms with Crippen LogP contribution in [-0.4, -0.2) is 54.2 Å². The molecule has 16 heteroatoms. The molecule has 6 rings (SSSR count). The zero-order valence-corrected chi connectivity index (χ0v) is 27.0. The number of rotatable bonds is 8. The number of aromatic amines is 2. The van der Waals surface area contributed by atoms with Gasteiger partial charge in [-0.3, -0.25) is 0 Å². The standard InChI is InChI=1S/C35H31F3N6O7/c36-35(37,38)51-28-17-16-27(20-24(28)15-14-21-6-2-1-3-7-21)50-32-30(34(47)48)44(43-41-32)25-10-4-8-22(18-25)12-13-23-9-5-11-26(19-23)49-31-29(33(45)46)39-42-40-31/h5,9,11,16-17,19-22,25H,1-4,6-8,10,18H2,(H3,39,40,42,45,46,47,48)/p+1. The van der Waals surface area contributed by atoms with Crippen molar-refractivity contribution in [2.45, 2.75) is 70.2 Å². The van der Waals surface area contributed by atoms with Gasteiger partial charge in [0.25, 0.3) is 5.88 Å². The lowest BCUT2D eigenvalue weighted by Gasteiger charge is -2.22. The van der Waals surface area contributed by atoms with E-state index < -0.39 is 24.1 Å². The van der Waals surface area contributed by atoms with E-state index in [0.717, 1.165) is 51.0 Å². The van der Waals surface area contributed by atoms with Crippen LogP contribution in [0, 0.1) is 35.5 Å². The SMILES string of the molecule is O=C(O)c1[nH]nnc1Oc1cccc(C#CC2CCCC([n+]3n[nH]c(Oc4ccc(OC(F)(F)F)c(C#CC5CCCCC5)c4)c3C(=O)O)C2)c1. The third-order valence-electron chi connectivity index (χ3n) is 8.51. The molecule has 2 saturated carbocycles. The van der Waals surface area contributed by atoms with Crippen LogP contribution in [0.25, 0.3) is 0 Å². The highest BCUT2D eigenvalue weighted by atomic mass is 19.4. The first kappa shape index (κ1) is 34.8. The fourth-order valence-electron chi connectivity index (χ4n) is 6.15. The maximum Gasteiger partial charge on any atom is 0.573 e. The van der Waals surface area contributed by atoms with Crippen LogP contribution in [-0.2, 0) is 0 Å². The second kappa shape index (κ2) is 15.2. The van der Waals surface area contributed by atoms with Gasteiger partial charge in [-0.05, 0) is 62.4 Å². The molecule has 2 aromatic heterocycles. The normalized spacial score (nSPS) is 17.7. The van der Waals surface area contributed by atoms with Gasteiger partial charge in [-0.2, -0.15) is 0 Å². The Hall–Kier alpha value is -6.03. The van der Waals surface area contributed by atoms with E-state index in [9.17, 15) is 33.0 Å². The molecule has 51 heavy (non-hydrogen) atoms. The largest absolute Gasteiger partial charge is 0.573 e. The average Bonchev–Trinajstić information content (AvgIpc) is 3.75. The van der Waals surface area contributed by atoms with Crippen LogP contribution in [0.5, 0.6) is 29.0 Å². The summed E-state index contributed by atoms with van der Waals surface area (Å²) in [5.41, 5.74) is 0.0344. The number of carbonyl (C=O) groups is 2. The van der Waals surface area contributed by atoms with Gasteiger partial charge in [0.1, 0.15) is 23.3 Å². The molecule has 2 aromatic carbocycles. The van der Waals surface area contributed by atoms with Gasteiger partial charge in [0, 0.05) is 29.9 Å². The van der Waals surface area contributed by atoms with Crippen LogP contribution in [0.2, 0.25) is 0 Å². The van der Waals surface area contributed by atoms with Crippen molar-refractivity contribution in [3.8, 4) is 52.7 Å². The molecule has 2 aliphatic rings. The third-order valence-corrected chi connectivity index (χ3v) is 8.51. The molecule has 264 valence electrons. The highest BCUT2D eigenvalue weighted by Crippen LogP contribution is 2.34. The Morgan fingerprint density at radius 2 is 1.63 bits per heavy atom. The molecule has 4 N–H and O–H groups in total. The molecule has 0 amide bonds. The molecule has 2 fully saturated rings. The number of nitrogens with zero attached hydrogens (tertiary/aromatic N) is 4. The van der Waals surface area contributed by atoms with Crippen LogP contribution in [0.15, 0.2) is 42.5 Å². The lowest BCUT2D eigenvalue weighted by Crippen LogP contribution is -2.48. The number of hydrogen-bond acceptors (Lipinski definition) is 8. The summed E-state index contributed by atoms with van der Waals surface area (Å²) >= 11 is 0. The van der Waals surface area contributed by atoms with Crippen molar-refractivity contribution in [2.24, 2.45) is 11.8 Å². The van der Waals surface area contributed by atoms with E-state index in [1.807, 2.05) is 0 Å². The number of aromatic nitrogens is 6. The van der Waals surface area contributed by atoms with Gasteiger partial charge in [0.05, 0.1) is 10.8 Å². The molecule has 0 radical (unpaired) electrons. The van der Waals surface area contributed by atoms with Crippen LogP contribution in [0.3, 0.4) is 0 Å². The Morgan fingerprint density at radius 1 is 0.863 bits per heavy atom. The van der Waals surface area contributed by atoms with Crippen molar-refractivity contribution in [1.82, 2.24) is 25.7 Å². The number of hydrogen-bond donors (Lipinski definition) is 4. The predicted molar refractivity (Wildman–Crippen MR) is 170 cm³/mol. The summed E-state index contributed by atoms with van der Waals surface area (Å²) in [6.07, 6.45) is 2.56. The summed E-state index contributed by atoms with van der Waals surface area (Å²) in [6.45, 7) is 0. The van der Waals surface area contributed by atoms with Crippen LogP contribution in [0.4, 0.5) is 13.2 Å². The number of aromatic carboxylic acids is 2. The Bertz CT molecular complexity index is 2030. The molecule has 0 bridgehead atoms. The smallest absolute Gasteiger partial charge is 0.476 e. The molecule has 2 atom stereocenters. The summed E-state index contributed by atoms with van der Waals surface area (Å²) < 4.78 is 56.4. The lowest BCUT2D eigenvalue weighted by atomic mass is 9.86. The van der Waals surface area contributed by atoms with Gasteiger partial charge in [-0.25, -0.2) is 14.7 Å². The van der Waals surface area contributed by atoms with Crippen LogP contribution < -0.4 is 18.9 Å². The summed E-state index contributed by atoms with van der Waals surface area (Å²) in [7, 11) is 0. The number of benzene rings is 2. The molecule has 2 aliphatic carbocycles. The van der Waals surface area contributed by atoms with Crippen molar-refractivity contribution >= 4 is 11.9 Å². The van der Waals surface area contributed by atoms with Gasteiger partial charge in [-0.1, -0.05) is 59.3 Å². The van der Waals surface area contributed by atoms with Crippen molar-refractivity contribution in [3.05, 3.63) is 65.0 Å². The number of alkyl halides is 3. The van der Waals surface area contributed by atoms with Crippen molar-refractivity contribution < 1.29 is 51.9 Å². The van der Waals surface area contributed by atoms with Gasteiger partial charge in [0.2, 0.25) is 5.69 Å². The van der Waals surface area contributed by atoms with E-state index in [1.54, 1.807) is 24.3 Å². The molecule has 0 saturated heterocycles. The third kappa shape index (κ3) is 8.96. The zero-order chi connectivity index (χ0) is 36.0. The molecule has 0 aliphatic heterocycles. The number of nitrogens with one attached hydrogen (secondary N) is 2. The quantitative estimate of drug-likeness (QED) is 0.118. The number of ether oxygens (including phenoxy) is 3. The monoisotopic (exact) mass is 705 g/mol. The van der Waals surface area contributed by atoms with Crippen molar-refractivity contribution in [1.29, 1.82) is 0 Å². The number of halogens is 3. The first-order chi connectivity index (χ1) is 24.5. The number of carboxylic acid groups (broad SMARTS) is 2. The van der Waals surface area contributed by atoms with Gasteiger partial charge in [-0.15, -0.1) is 23.0 Å². The first-order valence-electron chi connectivity index (χ1n) is 16.3. The maximum atomic E-state index is 13.1. The summed E-state index contributed by atoms with van der Waals surface area (Å²) in [6, 6.07) is 10.0. The minimum atomic E-state index is -4.93. The topological polar surface area (TPSA) is 176 Å². The first-order valence-corrected chi connectivity index (χ1v) is 16.3. The number of H-pyrrole nitrogens is 2. The Morgan fingerprint density at radius 3 is 2.39 bits per heavy atom. The van der Waals surface area contributed by atoms with E-state index in [1.165, 1.54) is 16.8 Å². The summed E-state index contributed by atoms with van der Waals surface area (Å²) in [5, 5.41) is 35.6. The van der Waals surface area contributed by atoms with Gasteiger partial charge < -0.3 is 24.4 Å². The molecule has 2 heterocycles. The fourth-order valence-corrected chi connectivity index (χ4v) is 6.15. The van der Waals surface area contributed by atoms with E-state index in [4.69, 9.17) is 9.47 Å². The Labute approximate surface area is 289 Å². The van der Waals surface area contributed by atoms with Gasteiger partial charge >= 0.3 is 29.9 Å². The molecule has 2 unspecified atom stereocenters. The summed E-state index contributed by atoms with van der Waals surface area (Å²) in [5.74, 6) is 9.13. The molecule has 4 aromatic rings. The van der Waals surface area contributed by atoms with Crippen LogP contribution in [0.1, 0.15) is 95.9 Å². The average molecular weight is 706 g/mol. The highest BCUT2D eigenvalue weighted by Gasteiger charge is 2.37. The van der Waals surface area contributed by atoms with E-state index in [-0.39, 0.29) is 52.3 Å². The van der Waals surface area contributed by atoms with E-state index in [2.05, 4.69) is 54.1 Å². The fraction of sp³-hybridized carbons (Fsp3) is 0.371. The van der Waals surface area contributed by atoms with E-state index in [0.29, 0.717) is 24.2 Å². The highest BCUT2D eigenvalue weighted by molar-refractivity contribution is 5.87. The minimum absolute atomic E-state index is 0.0337. The number of carboxylic acids is 2. The maximum absolute atomic E-state index is 13.1. The molecule has 0 spiro atoms. The second-order valence-electron chi connectivity index (χ2n) is 12.2. The van der Waals surface area contributed by atoms with Crippen molar-refractivity contribution in [2.75, 3.05) is 0 Å². The minimum Gasteiger partial charge on any atom is -0.476 e. The lowest BCUT2D eigenvalue weighted by molar-refractivity contribution is -0.781. The van der Waals surface area contributed by atoms with Gasteiger partial charge in [0.15, 0.2) is 0 Å². The zero-order valence-electron chi connectivity index (χ0n) is 27.0.